The van der Waals surface area contributed by atoms with Gasteiger partial charge in [-0.25, -0.2) is 14.4 Å². The quantitative estimate of drug-likeness (QED) is 0.354. The van der Waals surface area contributed by atoms with Gasteiger partial charge >= 0.3 is 0 Å². The van der Waals surface area contributed by atoms with Crippen LogP contribution in [0.25, 0.3) is 0 Å². The number of carbonyl (C=O) groups is 2. The summed E-state index contributed by atoms with van der Waals surface area (Å²) in [7, 11) is 0. The first-order chi connectivity index (χ1) is 6.65. The molecule has 0 spiro atoms. The largest absolute Gasteiger partial charge is 0.293 e. The van der Waals surface area contributed by atoms with E-state index in [1.807, 2.05) is 0 Å². The van der Waals surface area contributed by atoms with Crippen molar-refractivity contribution in [3.63, 3.8) is 0 Å². The van der Waals surface area contributed by atoms with Crippen LogP contribution in [0, 0.1) is 0 Å². The van der Waals surface area contributed by atoms with Crippen molar-refractivity contribution in [3.05, 3.63) is 16.7 Å². The van der Waals surface area contributed by atoms with Gasteiger partial charge < -0.3 is 0 Å². The maximum Gasteiger partial charge on any atom is 0.213 e. The highest BCUT2D eigenvalue weighted by Crippen LogP contribution is 2.21. The molecule has 0 amide bonds. The lowest BCUT2D eigenvalue weighted by Gasteiger charge is -2.09. The fraction of sp³-hybridized carbons (Fsp3) is 0.111. The van der Waals surface area contributed by atoms with Crippen LogP contribution < -0.4 is 0 Å². The third-order valence-electron chi connectivity index (χ3n) is 1.69. The van der Waals surface area contributed by atoms with Crippen molar-refractivity contribution in [1.82, 2.24) is 0 Å². The third-order valence-corrected chi connectivity index (χ3v) is 1.69. The molecule has 1 rings (SSSR count). The summed E-state index contributed by atoms with van der Waals surface area (Å²) in [6.45, 7) is 0. The lowest BCUT2D eigenvalue weighted by molar-refractivity contribution is -0.119. The van der Waals surface area contributed by atoms with Crippen LogP contribution in [0.3, 0.4) is 0 Å². The normalized spacial score (nSPS) is 16.1. The zero-order chi connectivity index (χ0) is 10.7. The number of allylic oxidation sites excluding steroid dienone is 3. The van der Waals surface area contributed by atoms with Crippen LogP contribution in [0.5, 0.6) is 0 Å². The van der Waals surface area contributed by atoms with Crippen molar-refractivity contribution < 1.29 is 24.0 Å². The summed E-state index contributed by atoms with van der Waals surface area (Å²) in [5.41, 5.74) is -1.86. The van der Waals surface area contributed by atoms with Gasteiger partial charge in [-0.15, -0.1) is 0 Å². The van der Waals surface area contributed by atoms with Gasteiger partial charge in [0.15, 0.2) is 5.78 Å². The molecule has 0 heterocycles. The van der Waals surface area contributed by atoms with Crippen LogP contribution in [0.4, 0.5) is 0 Å². The zero-order valence-electron chi connectivity index (χ0n) is 6.75. The van der Waals surface area contributed by atoms with E-state index in [1.54, 1.807) is 0 Å². The van der Waals surface area contributed by atoms with Crippen molar-refractivity contribution in [2.24, 2.45) is 0 Å². The Morgan fingerprint density at radius 3 is 1.86 bits per heavy atom. The smallest absolute Gasteiger partial charge is 0.213 e. The average molecular weight is 190 g/mol. The minimum absolute atomic E-state index is 0.465. The Bertz CT molecular complexity index is 477. The summed E-state index contributed by atoms with van der Waals surface area (Å²) < 4.78 is 0. The molecule has 5 nitrogen and oxygen atoms in total. The Hall–Kier alpha value is -2.31. The van der Waals surface area contributed by atoms with Gasteiger partial charge in [-0.05, 0) is 0 Å². The Balaban J connectivity index is 3.46. The van der Waals surface area contributed by atoms with Gasteiger partial charge in [0.1, 0.15) is 29.0 Å². The van der Waals surface area contributed by atoms with E-state index in [1.165, 1.54) is 11.9 Å². The topological polar surface area (TPSA) is 85.3 Å². The second-order valence-electron chi connectivity index (χ2n) is 2.46. The Kier molecular flexibility index (Phi) is 2.52. The molecule has 68 valence electrons. The fourth-order valence-electron chi connectivity index (χ4n) is 1.02. The van der Waals surface area contributed by atoms with Crippen molar-refractivity contribution in [3.8, 4) is 0 Å². The molecule has 1 aliphatic carbocycles. The molecule has 1 aliphatic rings. The Morgan fingerprint density at radius 2 is 1.43 bits per heavy atom. The van der Waals surface area contributed by atoms with Crippen LogP contribution in [0.15, 0.2) is 16.7 Å². The van der Waals surface area contributed by atoms with Gasteiger partial charge in [0.25, 0.3) is 0 Å². The lowest BCUT2D eigenvalue weighted by atomic mass is 9.86. The van der Waals surface area contributed by atoms with Crippen LogP contribution in [0.2, 0.25) is 0 Å². The molecule has 14 heavy (non-hydrogen) atoms. The van der Waals surface area contributed by atoms with E-state index in [4.69, 9.17) is 0 Å². The SMILES string of the molecule is O=C=C1CC(=O)C(=C=O)C(=C=O)C1=O. The van der Waals surface area contributed by atoms with Gasteiger partial charge in [-0.1, -0.05) is 0 Å². The molecule has 0 aromatic rings. The Labute approximate surface area is 77.4 Å². The van der Waals surface area contributed by atoms with Crippen molar-refractivity contribution in [2.45, 2.75) is 6.42 Å². The highest BCUT2D eigenvalue weighted by Gasteiger charge is 2.34. The maximum atomic E-state index is 11.2. The van der Waals surface area contributed by atoms with Crippen LogP contribution in [-0.2, 0) is 24.0 Å². The number of rotatable bonds is 0. The highest BCUT2D eigenvalue weighted by molar-refractivity contribution is 6.32. The molecule has 0 atom stereocenters. The number of carbonyl (C=O) groups excluding carboxylic acids is 5. The van der Waals surface area contributed by atoms with E-state index in [0.29, 0.717) is 0 Å². The molecule has 0 saturated heterocycles. The zero-order valence-corrected chi connectivity index (χ0v) is 6.75. The molecule has 0 N–H and O–H groups in total. The van der Waals surface area contributed by atoms with Crippen LogP contribution in [0.1, 0.15) is 6.42 Å². The second-order valence-corrected chi connectivity index (χ2v) is 2.46. The van der Waals surface area contributed by atoms with Gasteiger partial charge in [0.05, 0.1) is 12.0 Å². The summed E-state index contributed by atoms with van der Waals surface area (Å²) in [6.07, 6.45) is -0.516. The molecule has 0 aromatic heterocycles. The summed E-state index contributed by atoms with van der Waals surface area (Å²) in [5, 5.41) is 0. The van der Waals surface area contributed by atoms with E-state index in [0.717, 1.165) is 5.94 Å². The molecule has 5 heteroatoms. The fourth-order valence-corrected chi connectivity index (χ4v) is 1.02. The molecular weight excluding hydrogens is 188 g/mol. The van der Waals surface area contributed by atoms with Crippen molar-refractivity contribution in [1.29, 1.82) is 0 Å². The summed E-state index contributed by atoms with van der Waals surface area (Å²) >= 11 is 0. The van der Waals surface area contributed by atoms with Gasteiger partial charge in [0, 0.05) is 0 Å². The standard InChI is InChI=1S/C9H2O5/c10-2-5-1-8(13)6(3-11)7(4-12)9(5)14/h1H2. The number of hydrogen-bond acceptors (Lipinski definition) is 5. The summed E-state index contributed by atoms with van der Waals surface area (Å²) in [5.74, 6) is 1.80. The predicted octanol–water partition coefficient (Wildman–Crippen LogP) is -1.20. The predicted molar refractivity (Wildman–Crippen MR) is 42.3 cm³/mol. The number of ketones is 2. The molecule has 0 aliphatic heterocycles. The van der Waals surface area contributed by atoms with E-state index in [9.17, 15) is 24.0 Å². The first-order valence-electron chi connectivity index (χ1n) is 3.48. The highest BCUT2D eigenvalue weighted by atomic mass is 16.2. The molecule has 0 unspecified atom stereocenters. The van der Waals surface area contributed by atoms with Crippen molar-refractivity contribution in [2.75, 3.05) is 0 Å². The molecular formula is C9H2O5. The summed E-state index contributed by atoms with van der Waals surface area (Å²) in [4.78, 5) is 52.9. The maximum absolute atomic E-state index is 11.2. The molecule has 1 fully saturated rings. The Morgan fingerprint density at radius 1 is 0.857 bits per heavy atom. The van der Waals surface area contributed by atoms with E-state index < -0.39 is 34.7 Å². The minimum Gasteiger partial charge on any atom is -0.293 e. The molecule has 0 aromatic carbocycles. The monoisotopic (exact) mass is 190 g/mol. The lowest BCUT2D eigenvalue weighted by Crippen LogP contribution is -2.24. The van der Waals surface area contributed by atoms with Crippen LogP contribution >= 0.6 is 0 Å². The second kappa shape index (κ2) is 3.60. The minimum atomic E-state index is -0.979. The molecule has 1 saturated carbocycles. The first kappa shape index (κ1) is 9.78. The van der Waals surface area contributed by atoms with E-state index in [-0.39, 0.29) is 0 Å². The van der Waals surface area contributed by atoms with E-state index >= 15 is 0 Å². The molecule has 0 bridgehead atoms. The summed E-state index contributed by atoms with van der Waals surface area (Å²) in [6, 6.07) is 0. The van der Waals surface area contributed by atoms with Gasteiger partial charge in [-0.2, -0.15) is 0 Å². The molecule has 0 radical (unpaired) electrons. The van der Waals surface area contributed by atoms with E-state index in [2.05, 4.69) is 0 Å². The first-order valence-corrected chi connectivity index (χ1v) is 3.48. The number of Topliss-reactive ketones (excluding diaryl/α,β-unsaturated/α-hetero) is 2. The van der Waals surface area contributed by atoms with Gasteiger partial charge in [-0.3, -0.25) is 9.59 Å². The van der Waals surface area contributed by atoms with Crippen molar-refractivity contribution >= 4 is 29.4 Å². The van der Waals surface area contributed by atoms with Gasteiger partial charge in [0.2, 0.25) is 5.78 Å². The number of hydrogen-bond donors (Lipinski definition) is 0. The average Bonchev–Trinajstić information content (AvgIpc) is 2.20. The van der Waals surface area contributed by atoms with Crippen LogP contribution in [-0.4, -0.2) is 29.4 Å². The third kappa shape index (κ3) is 1.30.